The number of Topliss-reactive ketones (excluding diaryl/α,β-unsaturated/α-hetero) is 1. The van der Waals surface area contributed by atoms with E-state index in [1.807, 2.05) is 0 Å². The Balaban J connectivity index is 2.30. The Morgan fingerprint density at radius 2 is 1.80 bits per heavy atom. The first kappa shape index (κ1) is 17.4. The van der Waals surface area contributed by atoms with Crippen LogP contribution in [0.25, 0.3) is 10.9 Å². The lowest BCUT2D eigenvalue weighted by atomic mass is 10.1. The average molecular weight is 383 g/mol. The molecule has 0 aliphatic rings. The van der Waals surface area contributed by atoms with Crippen molar-refractivity contribution in [2.24, 2.45) is 0 Å². The van der Waals surface area contributed by atoms with E-state index in [9.17, 15) is 18.4 Å². The molecule has 0 atom stereocenters. The summed E-state index contributed by atoms with van der Waals surface area (Å²) < 4.78 is 28.0. The maximum Gasteiger partial charge on any atom is 0.205 e. The molecule has 0 spiro atoms. The van der Waals surface area contributed by atoms with Gasteiger partial charge in [0.05, 0.1) is 21.6 Å². The van der Waals surface area contributed by atoms with Gasteiger partial charge in [0.2, 0.25) is 5.43 Å². The van der Waals surface area contributed by atoms with Crippen molar-refractivity contribution in [2.45, 2.75) is 6.92 Å². The van der Waals surface area contributed by atoms with Crippen LogP contribution in [-0.4, -0.2) is 10.8 Å². The first-order valence-electron chi connectivity index (χ1n) is 7.06. The van der Waals surface area contributed by atoms with E-state index in [4.69, 9.17) is 23.2 Å². The number of pyridine rings is 1. The maximum absolute atomic E-state index is 14.0. The van der Waals surface area contributed by atoms with Gasteiger partial charge in [-0.1, -0.05) is 23.2 Å². The van der Waals surface area contributed by atoms with Gasteiger partial charge in [-0.3, -0.25) is 9.59 Å². The number of anilines is 2. The first-order valence-corrected chi connectivity index (χ1v) is 7.82. The Morgan fingerprint density at radius 1 is 1.12 bits per heavy atom. The Kier molecular flexibility index (Phi) is 4.49. The number of rotatable bonds is 3. The van der Waals surface area contributed by atoms with E-state index in [1.54, 1.807) is 6.07 Å². The highest BCUT2D eigenvalue weighted by molar-refractivity contribution is 6.36. The number of aromatic nitrogens is 1. The summed E-state index contributed by atoms with van der Waals surface area (Å²) in [6, 6.07) is 6.25. The molecular weight excluding hydrogens is 373 g/mol. The molecule has 0 saturated heterocycles. The van der Waals surface area contributed by atoms with Gasteiger partial charge in [-0.25, -0.2) is 8.78 Å². The second-order valence-electron chi connectivity index (χ2n) is 5.29. The number of hydrogen-bond acceptors (Lipinski definition) is 3. The number of ketones is 1. The smallest absolute Gasteiger partial charge is 0.205 e. The van der Waals surface area contributed by atoms with Gasteiger partial charge in [-0.15, -0.1) is 0 Å². The molecule has 0 bridgehead atoms. The van der Waals surface area contributed by atoms with Crippen LogP contribution in [0.5, 0.6) is 0 Å². The van der Waals surface area contributed by atoms with Gasteiger partial charge in [-0.05, 0) is 37.3 Å². The van der Waals surface area contributed by atoms with E-state index in [0.29, 0.717) is 10.7 Å². The molecule has 0 aliphatic heterocycles. The summed E-state index contributed by atoms with van der Waals surface area (Å²) in [4.78, 5) is 27.1. The number of halogens is 4. The Morgan fingerprint density at radius 3 is 2.44 bits per heavy atom. The summed E-state index contributed by atoms with van der Waals surface area (Å²) in [6.07, 6.45) is 0. The van der Waals surface area contributed by atoms with Crippen LogP contribution in [0.4, 0.5) is 20.3 Å². The first-order chi connectivity index (χ1) is 11.8. The molecule has 0 aliphatic carbocycles. The number of carbonyl (C=O) groups excluding carboxylic acids is 1. The molecule has 3 aromatic rings. The minimum Gasteiger partial charge on any atom is -0.340 e. The Hall–Kier alpha value is -2.44. The number of nitrogens with one attached hydrogen (secondary N) is 2. The topological polar surface area (TPSA) is 62.0 Å². The van der Waals surface area contributed by atoms with Gasteiger partial charge in [0.1, 0.15) is 23.0 Å². The van der Waals surface area contributed by atoms with Crippen LogP contribution < -0.4 is 10.7 Å². The zero-order valence-electron chi connectivity index (χ0n) is 12.7. The predicted octanol–water partition coefficient (Wildman–Crippen LogP) is 5.06. The molecule has 2 N–H and O–H groups in total. The predicted molar refractivity (Wildman–Crippen MR) is 94.2 cm³/mol. The number of fused-ring (bicyclic) bond motifs is 1. The van der Waals surface area contributed by atoms with E-state index in [0.717, 1.165) is 19.1 Å². The molecular formula is C17H10Cl2F2N2O2. The van der Waals surface area contributed by atoms with Crippen molar-refractivity contribution in [3.63, 3.8) is 0 Å². The SMILES string of the molecule is CC(=O)c1c(Nc2ccc(Cl)cc2Cl)[nH]c2c(F)ccc(F)c2c1=O. The van der Waals surface area contributed by atoms with Crippen LogP contribution in [0.3, 0.4) is 0 Å². The lowest BCUT2D eigenvalue weighted by molar-refractivity contribution is 0.101. The fourth-order valence-electron chi connectivity index (χ4n) is 2.48. The van der Waals surface area contributed by atoms with Gasteiger partial charge in [0, 0.05) is 5.02 Å². The highest BCUT2D eigenvalue weighted by atomic mass is 35.5. The van der Waals surface area contributed by atoms with Gasteiger partial charge in [-0.2, -0.15) is 0 Å². The third-order valence-corrected chi connectivity index (χ3v) is 4.15. The summed E-state index contributed by atoms with van der Waals surface area (Å²) in [7, 11) is 0. The maximum atomic E-state index is 14.0. The van der Waals surface area contributed by atoms with Gasteiger partial charge in [0.15, 0.2) is 5.78 Å². The van der Waals surface area contributed by atoms with Crippen LogP contribution in [0.1, 0.15) is 17.3 Å². The minimum atomic E-state index is -0.920. The van der Waals surface area contributed by atoms with Crippen molar-refractivity contribution in [3.05, 3.63) is 67.8 Å². The molecule has 0 radical (unpaired) electrons. The van der Waals surface area contributed by atoms with Crippen LogP contribution in [0.15, 0.2) is 35.1 Å². The lowest BCUT2D eigenvalue weighted by Gasteiger charge is -2.13. The molecule has 2 aromatic carbocycles. The molecule has 25 heavy (non-hydrogen) atoms. The van der Waals surface area contributed by atoms with Gasteiger partial charge in [0.25, 0.3) is 0 Å². The van der Waals surface area contributed by atoms with E-state index in [1.165, 1.54) is 12.1 Å². The Bertz CT molecular complexity index is 1080. The van der Waals surface area contributed by atoms with Crippen molar-refractivity contribution >= 4 is 51.4 Å². The lowest BCUT2D eigenvalue weighted by Crippen LogP contribution is -2.19. The third kappa shape index (κ3) is 3.10. The molecule has 3 rings (SSSR count). The molecule has 1 aromatic heterocycles. The largest absolute Gasteiger partial charge is 0.340 e. The number of hydrogen-bond donors (Lipinski definition) is 2. The van der Waals surface area contributed by atoms with Gasteiger partial charge < -0.3 is 10.3 Å². The molecule has 4 nitrogen and oxygen atoms in total. The fraction of sp³-hybridized carbons (Fsp3) is 0.0588. The summed E-state index contributed by atoms with van der Waals surface area (Å²) >= 11 is 11.9. The summed E-state index contributed by atoms with van der Waals surface area (Å²) in [6.45, 7) is 1.16. The van der Waals surface area contributed by atoms with Crippen LogP contribution in [0, 0.1) is 11.6 Å². The fourth-order valence-corrected chi connectivity index (χ4v) is 2.93. The van der Waals surface area contributed by atoms with Crippen molar-refractivity contribution in [3.8, 4) is 0 Å². The van der Waals surface area contributed by atoms with Crippen LogP contribution in [-0.2, 0) is 0 Å². The minimum absolute atomic E-state index is 0.0845. The van der Waals surface area contributed by atoms with E-state index >= 15 is 0 Å². The summed E-state index contributed by atoms with van der Waals surface area (Å²) in [5, 5.41) is 2.87. The highest BCUT2D eigenvalue weighted by Gasteiger charge is 2.20. The molecule has 0 fully saturated rings. The molecule has 8 heteroatoms. The molecule has 0 saturated carbocycles. The molecule has 0 amide bonds. The van der Waals surface area contributed by atoms with Gasteiger partial charge >= 0.3 is 0 Å². The quantitative estimate of drug-likeness (QED) is 0.622. The highest BCUT2D eigenvalue weighted by Crippen LogP contribution is 2.29. The number of aromatic amines is 1. The summed E-state index contributed by atoms with van der Waals surface area (Å²) in [5.41, 5.74) is -1.25. The number of carbonyl (C=O) groups is 1. The zero-order chi connectivity index (χ0) is 18.3. The van der Waals surface area contributed by atoms with E-state index in [2.05, 4.69) is 10.3 Å². The van der Waals surface area contributed by atoms with Crippen LogP contribution >= 0.6 is 23.2 Å². The number of H-pyrrole nitrogens is 1. The van der Waals surface area contributed by atoms with Crippen LogP contribution in [0.2, 0.25) is 10.0 Å². The average Bonchev–Trinajstić information content (AvgIpc) is 2.53. The standard InChI is InChI=1S/C17H10Cl2F2N2O2/c1-7(24)13-16(25)14-10(20)3-4-11(21)15(14)23-17(13)22-12-5-2-8(18)6-9(12)19/h2-6H,1H3,(H2,22,23,25). The molecule has 0 unspecified atom stereocenters. The Labute approximate surface area is 150 Å². The summed E-state index contributed by atoms with van der Waals surface area (Å²) in [5.74, 6) is -2.44. The number of benzene rings is 2. The molecule has 1 heterocycles. The molecule has 128 valence electrons. The second kappa shape index (κ2) is 6.46. The van der Waals surface area contributed by atoms with E-state index in [-0.39, 0.29) is 21.9 Å². The monoisotopic (exact) mass is 382 g/mol. The normalized spacial score (nSPS) is 10.9. The third-order valence-electron chi connectivity index (χ3n) is 3.60. The van der Waals surface area contributed by atoms with E-state index < -0.39 is 28.2 Å². The van der Waals surface area contributed by atoms with Crippen molar-refractivity contribution in [2.75, 3.05) is 5.32 Å². The van der Waals surface area contributed by atoms with Crippen molar-refractivity contribution in [1.82, 2.24) is 4.98 Å². The zero-order valence-corrected chi connectivity index (χ0v) is 14.2. The van der Waals surface area contributed by atoms with Crippen molar-refractivity contribution in [1.29, 1.82) is 0 Å². The van der Waals surface area contributed by atoms with Crippen molar-refractivity contribution < 1.29 is 13.6 Å². The second-order valence-corrected chi connectivity index (χ2v) is 6.13.